The monoisotopic (exact) mass is 636 g/mol. The summed E-state index contributed by atoms with van der Waals surface area (Å²) in [6.07, 6.45) is 1.59. The van der Waals surface area contributed by atoms with Crippen LogP contribution in [0.2, 0.25) is 0 Å². The Balaban J connectivity index is 1.54. The number of anilines is 1. The highest BCUT2D eigenvalue weighted by Crippen LogP contribution is 2.34. The second kappa shape index (κ2) is 11.1. The summed E-state index contributed by atoms with van der Waals surface area (Å²) in [6, 6.07) is 25.9. The summed E-state index contributed by atoms with van der Waals surface area (Å²) in [4.78, 5) is 12.8. The van der Waals surface area contributed by atoms with Gasteiger partial charge in [-0.25, -0.2) is 0 Å². The molecule has 0 aliphatic carbocycles. The molecule has 0 spiro atoms. The molecule has 0 aliphatic rings. The molecule has 4 rings (SSSR count). The lowest BCUT2D eigenvalue weighted by Gasteiger charge is -2.13. The Kier molecular flexibility index (Phi) is 7.89. The number of rotatable bonds is 6. The Labute approximate surface area is 226 Å². The number of fused-ring (bicyclic) bond motifs is 1. The number of hydrogen-bond acceptors (Lipinski definition) is 3. The van der Waals surface area contributed by atoms with Gasteiger partial charge in [-0.3, -0.25) is 4.79 Å². The maximum Gasteiger partial charge on any atom is 0.266 e. The molecule has 6 heteroatoms. The number of carbonyl (C=O) groups excluding carboxylic acids is 1. The molecule has 0 bridgehead atoms. The predicted molar refractivity (Wildman–Crippen MR) is 153 cm³/mol. The number of nitrogens with zero attached hydrogens (tertiary/aromatic N) is 1. The summed E-state index contributed by atoms with van der Waals surface area (Å²) in [5, 5.41) is 14.8. The number of carbonyl (C=O) groups is 1. The molecule has 0 unspecified atom stereocenters. The molecule has 0 heterocycles. The molecule has 174 valence electrons. The van der Waals surface area contributed by atoms with Crippen molar-refractivity contribution in [3.63, 3.8) is 0 Å². The first-order chi connectivity index (χ1) is 16.9. The van der Waals surface area contributed by atoms with Crippen molar-refractivity contribution >= 4 is 67.0 Å². The van der Waals surface area contributed by atoms with Crippen LogP contribution in [0.4, 0.5) is 5.69 Å². The van der Waals surface area contributed by atoms with E-state index in [1.54, 1.807) is 6.08 Å². The molecule has 0 fully saturated rings. The fourth-order valence-electron chi connectivity index (χ4n) is 3.76. The minimum atomic E-state index is -0.441. The van der Waals surface area contributed by atoms with Crippen molar-refractivity contribution in [3.8, 4) is 11.8 Å². The maximum absolute atomic E-state index is 12.8. The Hall–Kier alpha value is -3.15. The van der Waals surface area contributed by atoms with Crippen molar-refractivity contribution < 1.29 is 9.53 Å². The van der Waals surface area contributed by atoms with Gasteiger partial charge in [-0.05, 0) is 110 Å². The second-order valence-corrected chi connectivity index (χ2v) is 10.1. The van der Waals surface area contributed by atoms with Gasteiger partial charge < -0.3 is 10.1 Å². The molecular formula is C29H22BrIN2O2. The SMILES string of the molecule is Cc1cccc(NC(=O)/C(C#N)=C/c2cc(Br)c(OCc3cccc4ccccc34)c(I)c2)c1C. The number of aryl methyl sites for hydroxylation is 1. The third-order valence-corrected chi connectivity index (χ3v) is 7.19. The summed E-state index contributed by atoms with van der Waals surface area (Å²) < 4.78 is 7.80. The summed E-state index contributed by atoms with van der Waals surface area (Å²) in [5.74, 6) is 0.276. The topological polar surface area (TPSA) is 62.1 Å². The molecule has 4 nitrogen and oxygen atoms in total. The average molecular weight is 637 g/mol. The Morgan fingerprint density at radius 1 is 1.09 bits per heavy atom. The number of nitriles is 1. The van der Waals surface area contributed by atoms with Gasteiger partial charge in [0.05, 0.1) is 8.04 Å². The van der Waals surface area contributed by atoms with Crippen LogP contribution in [0.25, 0.3) is 16.8 Å². The largest absolute Gasteiger partial charge is 0.487 e. The zero-order chi connectivity index (χ0) is 24.9. The smallest absolute Gasteiger partial charge is 0.266 e. The first kappa shape index (κ1) is 25.0. The lowest BCUT2D eigenvalue weighted by molar-refractivity contribution is -0.112. The number of benzene rings is 4. The quantitative estimate of drug-likeness (QED) is 0.133. The van der Waals surface area contributed by atoms with E-state index in [1.807, 2.05) is 68.4 Å². The molecule has 0 saturated carbocycles. The van der Waals surface area contributed by atoms with Crippen molar-refractivity contribution in [3.05, 3.63) is 109 Å². The van der Waals surface area contributed by atoms with E-state index in [1.165, 1.54) is 5.39 Å². The van der Waals surface area contributed by atoms with Crippen molar-refractivity contribution in [2.24, 2.45) is 0 Å². The van der Waals surface area contributed by atoms with E-state index in [0.29, 0.717) is 18.0 Å². The lowest BCUT2D eigenvalue weighted by Crippen LogP contribution is -2.14. The van der Waals surface area contributed by atoms with Gasteiger partial charge in [0.25, 0.3) is 5.91 Å². The molecule has 0 radical (unpaired) electrons. The molecule has 35 heavy (non-hydrogen) atoms. The molecule has 4 aromatic rings. The zero-order valence-electron chi connectivity index (χ0n) is 19.2. The van der Waals surface area contributed by atoms with Gasteiger partial charge in [0.1, 0.15) is 24.0 Å². The third-order valence-electron chi connectivity index (χ3n) is 5.80. The van der Waals surface area contributed by atoms with Crippen LogP contribution < -0.4 is 10.1 Å². The molecule has 0 atom stereocenters. The van der Waals surface area contributed by atoms with Crippen molar-refractivity contribution in [1.29, 1.82) is 5.26 Å². The standard InChI is InChI=1S/C29H22BrIN2O2/c1-18-7-5-12-27(19(18)2)33-29(34)23(16-32)13-20-14-25(30)28(26(31)15-20)35-17-22-10-6-9-21-8-3-4-11-24(21)22/h3-15H,17H2,1-2H3,(H,33,34)/b23-13+. The number of halogens is 2. The first-order valence-electron chi connectivity index (χ1n) is 10.9. The van der Waals surface area contributed by atoms with Gasteiger partial charge in [0, 0.05) is 5.69 Å². The normalized spacial score (nSPS) is 11.2. The van der Waals surface area contributed by atoms with Crippen LogP contribution in [-0.2, 0) is 11.4 Å². The van der Waals surface area contributed by atoms with Gasteiger partial charge in [0.2, 0.25) is 0 Å². The Morgan fingerprint density at radius 2 is 1.83 bits per heavy atom. The highest BCUT2D eigenvalue weighted by molar-refractivity contribution is 14.1. The van der Waals surface area contributed by atoms with Crippen LogP contribution in [-0.4, -0.2) is 5.91 Å². The van der Waals surface area contributed by atoms with E-state index in [0.717, 1.165) is 35.7 Å². The highest BCUT2D eigenvalue weighted by Gasteiger charge is 2.14. The summed E-state index contributed by atoms with van der Waals surface area (Å²) in [5.41, 5.74) is 4.60. The van der Waals surface area contributed by atoms with E-state index in [4.69, 9.17) is 4.74 Å². The molecule has 0 aromatic heterocycles. The predicted octanol–water partition coefficient (Wildman–Crippen LogP) is 7.95. The molecule has 0 aliphatic heterocycles. The van der Waals surface area contributed by atoms with E-state index >= 15 is 0 Å². The third kappa shape index (κ3) is 5.75. The number of nitrogens with one attached hydrogen (secondary N) is 1. The van der Waals surface area contributed by atoms with Gasteiger partial charge >= 0.3 is 0 Å². The maximum atomic E-state index is 12.8. The van der Waals surface area contributed by atoms with Gasteiger partial charge in [-0.1, -0.05) is 54.6 Å². The average Bonchev–Trinajstić information content (AvgIpc) is 2.85. The Morgan fingerprint density at radius 3 is 2.60 bits per heavy atom. The molecule has 0 saturated heterocycles. The molecule has 1 amide bonds. The molecular weight excluding hydrogens is 615 g/mol. The van der Waals surface area contributed by atoms with Crippen molar-refractivity contribution in [1.82, 2.24) is 0 Å². The fraction of sp³-hybridized carbons (Fsp3) is 0.103. The lowest BCUT2D eigenvalue weighted by atomic mass is 10.1. The van der Waals surface area contributed by atoms with Crippen LogP contribution in [0.3, 0.4) is 0 Å². The van der Waals surface area contributed by atoms with Crippen LogP contribution in [0.15, 0.2) is 82.8 Å². The van der Waals surface area contributed by atoms with Gasteiger partial charge in [-0.2, -0.15) is 5.26 Å². The van der Waals surface area contributed by atoms with E-state index < -0.39 is 5.91 Å². The zero-order valence-corrected chi connectivity index (χ0v) is 23.0. The molecule has 4 aromatic carbocycles. The summed E-state index contributed by atoms with van der Waals surface area (Å²) >= 11 is 5.81. The van der Waals surface area contributed by atoms with Crippen LogP contribution >= 0.6 is 38.5 Å². The van der Waals surface area contributed by atoms with Gasteiger partial charge in [-0.15, -0.1) is 0 Å². The fourth-order valence-corrected chi connectivity index (χ4v) is 5.53. The molecule has 1 N–H and O–H groups in total. The summed E-state index contributed by atoms with van der Waals surface area (Å²) in [7, 11) is 0. The number of hydrogen-bond donors (Lipinski definition) is 1. The second-order valence-electron chi connectivity index (χ2n) is 8.11. The van der Waals surface area contributed by atoms with Crippen LogP contribution in [0, 0.1) is 28.7 Å². The number of amides is 1. The van der Waals surface area contributed by atoms with E-state index in [9.17, 15) is 10.1 Å². The van der Waals surface area contributed by atoms with Crippen molar-refractivity contribution in [2.75, 3.05) is 5.32 Å². The number of ether oxygens (including phenoxy) is 1. The van der Waals surface area contributed by atoms with Gasteiger partial charge in [0.15, 0.2) is 0 Å². The van der Waals surface area contributed by atoms with Crippen molar-refractivity contribution in [2.45, 2.75) is 20.5 Å². The van der Waals surface area contributed by atoms with E-state index in [2.05, 4.69) is 68.1 Å². The minimum absolute atomic E-state index is 0.0260. The van der Waals surface area contributed by atoms with Crippen LogP contribution in [0.5, 0.6) is 5.75 Å². The minimum Gasteiger partial charge on any atom is -0.487 e. The Bertz CT molecular complexity index is 1480. The van der Waals surface area contributed by atoms with E-state index in [-0.39, 0.29) is 5.57 Å². The first-order valence-corrected chi connectivity index (χ1v) is 12.8. The summed E-state index contributed by atoms with van der Waals surface area (Å²) in [6.45, 7) is 4.35. The highest BCUT2D eigenvalue weighted by atomic mass is 127. The van der Waals surface area contributed by atoms with Crippen LogP contribution in [0.1, 0.15) is 22.3 Å².